The van der Waals surface area contributed by atoms with Crippen LogP contribution in [0.2, 0.25) is 5.02 Å². The van der Waals surface area contributed by atoms with Crippen LogP contribution in [0.5, 0.6) is 11.5 Å². The average Bonchev–Trinajstić information content (AvgIpc) is 2.67. The Balaban J connectivity index is 1.47. The maximum atomic E-state index is 12.3. The Morgan fingerprint density at radius 3 is 2.63 bits per heavy atom. The van der Waals surface area contributed by atoms with Gasteiger partial charge in [-0.2, -0.15) is 0 Å². The molecule has 0 bridgehead atoms. The van der Waals surface area contributed by atoms with Crippen LogP contribution in [0.1, 0.15) is 6.42 Å². The van der Waals surface area contributed by atoms with Gasteiger partial charge in [-0.1, -0.05) is 23.7 Å². The van der Waals surface area contributed by atoms with Gasteiger partial charge in [0.15, 0.2) is 0 Å². The number of methoxy groups -OCH3 is 1. The zero-order valence-electron chi connectivity index (χ0n) is 15.3. The van der Waals surface area contributed by atoms with Crippen LogP contribution in [0.15, 0.2) is 42.5 Å². The maximum Gasteiger partial charge on any atom is 0.225 e. The first-order valence-electron chi connectivity index (χ1n) is 8.95. The number of piperazine rings is 1. The van der Waals surface area contributed by atoms with Crippen molar-refractivity contribution in [3.63, 3.8) is 0 Å². The maximum absolute atomic E-state index is 12.3. The third-order valence-corrected chi connectivity index (χ3v) is 4.92. The summed E-state index contributed by atoms with van der Waals surface area (Å²) in [6.07, 6.45) is 0.395. The summed E-state index contributed by atoms with van der Waals surface area (Å²) in [6.45, 7) is 4.02. The van der Waals surface area contributed by atoms with Gasteiger partial charge in [0, 0.05) is 44.2 Å². The molecule has 0 unspecified atom stereocenters. The first kappa shape index (κ1) is 19.3. The molecule has 1 aliphatic heterocycles. The van der Waals surface area contributed by atoms with E-state index in [-0.39, 0.29) is 5.91 Å². The zero-order chi connectivity index (χ0) is 19.2. The zero-order valence-corrected chi connectivity index (χ0v) is 16.1. The van der Waals surface area contributed by atoms with E-state index < -0.39 is 0 Å². The highest BCUT2D eigenvalue weighted by Gasteiger charge is 2.19. The molecule has 1 heterocycles. The Hall–Kier alpha value is -2.44. The molecule has 1 saturated heterocycles. The Labute approximate surface area is 164 Å². The molecule has 0 saturated carbocycles. The molecule has 2 N–H and O–H groups in total. The molecule has 1 aliphatic rings. The van der Waals surface area contributed by atoms with Gasteiger partial charge in [-0.25, -0.2) is 0 Å². The first-order chi connectivity index (χ1) is 13.1. The number of amides is 1. The average molecular weight is 390 g/mol. The molecule has 0 atom stereocenters. The summed E-state index contributed by atoms with van der Waals surface area (Å²) in [5.41, 5.74) is 1.45. The molecule has 6 nitrogen and oxygen atoms in total. The number of benzene rings is 2. The fraction of sp³-hybridized carbons (Fsp3) is 0.350. The molecule has 0 spiro atoms. The molecule has 0 radical (unpaired) electrons. The number of hydrogen-bond donors (Lipinski definition) is 2. The monoisotopic (exact) mass is 389 g/mol. The van der Waals surface area contributed by atoms with E-state index in [1.54, 1.807) is 31.4 Å². The molecule has 3 rings (SSSR count). The highest BCUT2D eigenvalue weighted by atomic mass is 35.5. The lowest BCUT2D eigenvalue weighted by molar-refractivity contribution is -0.116. The molecule has 1 amide bonds. The van der Waals surface area contributed by atoms with E-state index in [9.17, 15) is 9.90 Å². The van der Waals surface area contributed by atoms with Gasteiger partial charge in [0.05, 0.1) is 18.5 Å². The number of aromatic hydroxyl groups is 1. The number of carbonyl (C=O) groups excluding carboxylic acids is 1. The number of ether oxygens (including phenoxy) is 1. The Bertz CT molecular complexity index is 792. The van der Waals surface area contributed by atoms with Crippen molar-refractivity contribution in [3.8, 4) is 11.5 Å². The fourth-order valence-electron chi connectivity index (χ4n) is 3.19. The van der Waals surface area contributed by atoms with Crippen molar-refractivity contribution in [2.24, 2.45) is 0 Å². The predicted molar refractivity (Wildman–Crippen MR) is 108 cm³/mol. The van der Waals surface area contributed by atoms with E-state index in [4.69, 9.17) is 16.3 Å². The first-order valence-corrected chi connectivity index (χ1v) is 9.33. The molecule has 1 fully saturated rings. The number of rotatable bonds is 6. The van der Waals surface area contributed by atoms with E-state index in [1.165, 1.54) is 0 Å². The van der Waals surface area contributed by atoms with Crippen molar-refractivity contribution in [1.82, 2.24) is 4.90 Å². The number of nitrogens with one attached hydrogen (secondary N) is 1. The number of carbonyl (C=O) groups is 1. The van der Waals surface area contributed by atoms with Gasteiger partial charge < -0.3 is 20.1 Å². The van der Waals surface area contributed by atoms with E-state index in [0.29, 0.717) is 35.2 Å². The number of nitrogens with zero attached hydrogens (tertiary/aromatic N) is 2. The summed E-state index contributed by atoms with van der Waals surface area (Å²) in [7, 11) is 1.56. The minimum atomic E-state index is -0.0706. The second-order valence-corrected chi connectivity index (χ2v) is 6.90. The van der Waals surface area contributed by atoms with E-state index >= 15 is 0 Å². The number of halogens is 1. The Morgan fingerprint density at radius 2 is 1.93 bits per heavy atom. The van der Waals surface area contributed by atoms with Crippen molar-refractivity contribution in [2.75, 3.05) is 50.1 Å². The summed E-state index contributed by atoms with van der Waals surface area (Å²) in [6, 6.07) is 12.5. The topological polar surface area (TPSA) is 65.0 Å². The molecule has 2 aromatic carbocycles. The van der Waals surface area contributed by atoms with Crippen molar-refractivity contribution in [2.45, 2.75) is 6.42 Å². The third-order valence-electron chi connectivity index (χ3n) is 4.69. The molecular weight excluding hydrogens is 366 g/mol. The van der Waals surface area contributed by atoms with Gasteiger partial charge in [0.1, 0.15) is 11.5 Å². The normalized spacial score (nSPS) is 14.8. The van der Waals surface area contributed by atoms with Crippen molar-refractivity contribution in [3.05, 3.63) is 47.5 Å². The van der Waals surface area contributed by atoms with Crippen LogP contribution < -0.4 is 15.0 Å². The fourth-order valence-corrected chi connectivity index (χ4v) is 3.37. The second kappa shape index (κ2) is 8.97. The summed E-state index contributed by atoms with van der Waals surface area (Å²) >= 11 is 5.99. The molecule has 7 heteroatoms. The molecule has 0 aliphatic carbocycles. The highest BCUT2D eigenvalue weighted by Crippen LogP contribution is 2.28. The predicted octanol–water partition coefficient (Wildman–Crippen LogP) is 3.21. The smallest absolute Gasteiger partial charge is 0.225 e. The summed E-state index contributed by atoms with van der Waals surface area (Å²) in [5.74, 6) is 0.823. The van der Waals surface area contributed by atoms with Crippen molar-refractivity contribution >= 4 is 28.9 Å². The van der Waals surface area contributed by atoms with Gasteiger partial charge in [0.2, 0.25) is 5.91 Å². The molecule has 144 valence electrons. The van der Waals surface area contributed by atoms with Crippen LogP contribution in [0.25, 0.3) is 0 Å². The summed E-state index contributed by atoms with van der Waals surface area (Å²) in [4.78, 5) is 16.7. The minimum absolute atomic E-state index is 0.0706. The highest BCUT2D eigenvalue weighted by molar-refractivity contribution is 6.31. The lowest BCUT2D eigenvalue weighted by atomic mass is 10.2. The Morgan fingerprint density at radius 1 is 1.19 bits per heavy atom. The number of anilines is 2. The van der Waals surface area contributed by atoms with Gasteiger partial charge in [0.25, 0.3) is 0 Å². The largest absolute Gasteiger partial charge is 0.506 e. The van der Waals surface area contributed by atoms with Crippen molar-refractivity contribution < 1.29 is 14.6 Å². The van der Waals surface area contributed by atoms with Gasteiger partial charge in [-0.15, -0.1) is 0 Å². The summed E-state index contributed by atoms with van der Waals surface area (Å²) in [5, 5.41) is 13.4. The third kappa shape index (κ3) is 5.05. The Kier molecular flexibility index (Phi) is 6.42. The quantitative estimate of drug-likeness (QED) is 0.794. The van der Waals surface area contributed by atoms with Gasteiger partial charge in [-0.3, -0.25) is 9.69 Å². The van der Waals surface area contributed by atoms with Crippen LogP contribution in [0, 0.1) is 0 Å². The van der Waals surface area contributed by atoms with Gasteiger partial charge in [-0.05, 0) is 30.3 Å². The number of para-hydroxylation sites is 2. The number of hydrogen-bond acceptors (Lipinski definition) is 5. The molecule has 0 aromatic heterocycles. The SMILES string of the molecule is COc1ccc(Cl)cc1NC(=O)CCN1CCN(c2ccccc2O)CC1. The van der Waals surface area contributed by atoms with Crippen LogP contribution in [-0.4, -0.2) is 55.7 Å². The number of phenols is 1. The van der Waals surface area contributed by atoms with Crippen LogP contribution in [0.3, 0.4) is 0 Å². The molecule has 27 heavy (non-hydrogen) atoms. The van der Waals surface area contributed by atoms with Crippen LogP contribution in [0.4, 0.5) is 11.4 Å². The van der Waals surface area contributed by atoms with E-state index in [1.807, 2.05) is 18.2 Å². The number of phenolic OH excluding ortho intramolecular Hbond substituents is 1. The van der Waals surface area contributed by atoms with Crippen molar-refractivity contribution in [1.29, 1.82) is 0 Å². The second-order valence-electron chi connectivity index (χ2n) is 6.46. The standard InChI is InChI=1S/C20H24ClN3O3/c1-27-19-7-6-15(21)14-16(19)22-20(26)8-9-23-10-12-24(13-11-23)17-4-2-3-5-18(17)25/h2-7,14,25H,8-13H2,1H3,(H,22,26). The van der Waals surface area contributed by atoms with Gasteiger partial charge >= 0.3 is 0 Å². The summed E-state index contributed by atoms with van der Waals surface area (Å²) < 4.78 is 5.25. The van der Waals surface area contributed by atoms with Crippen LogP contribution >= 0.6 is 11.6 Å². The lowest BCUT2D eigenvalue weighted by Crippen LogP contribution is -2.47. The molecular formula is C20H24ClN3O3. The van der Waals surface area contributed by atoms with E-state index in [2.05, 4.69) is 15.1 Å². The van der Waals surface area contributed by atoms with Crippen LogP contribution in [-0.2, 0) is 4.79 Å². The van der Waals surface area contributed by atoms with E-state index in [0.717, 1.165) is 31.9 Å². The molecule has 2 aromatic rings. The minimum Gasteiger partial charge on any atom is -0.506 e. The lowest BCUT2D eigenvalue weighted by Gasteiger charge is -2.36.